The Hall–Kier alpha value is -0.120. The lowest BCUT2D eigenvalue weighted by Crippen LogP contribution is -2.49. The Morgan fingerprint density at radius 3 is 2.24 bits per heavy atom. The summed E-state index contributed by atoms with van der Waals surface area (Å²) in [5.74, 6) is 0. The Morgan fingerprint density at radius 2 is 1.76 bits per heavy atom. The van der Waals surface area contributed by atoms with Crippen molar-refractivity contribution in [1.82, 2.24) is 9.80 Å². The van der Waals surface area contributed by atoms with Gasteiger partial charge >= 0.3 is 0 Å². The molecule has 0 amide bonds. The summed E-state index contributed by atoms with van der Waals surface area (Å²) < 4.78 is 0. The Labute approximate surface area is 106 Å². The molecule has 2 rings (SSSR count). The summed E-state index contributed by atoms with van der Waals surface area (Å²) in [6.07, 6.45) is 5.32. The second-order valence-corrected chi connectivity index (χ2v) is 6.55. The van der Waals surface area contributed by atoms with E-state index in [2.05, 4.69) is 16.7 Å². The third kappa shape index (κ3) is 3.67. The van der Waals surface area contributed by atoms with Crippen molar-refractivity contribution in [3.63, 3.8) is 0 Å². The second kappa shape index (κ2) is 5.25. The zero-order chi connectivity index (χ0) is 12.5. The molecule has 2 heterocycles. The van der Waals surface area contributed by atoms with Crippen molar-refractivity contribution in [2.75, 3.05) is 26.2 Å². The van der Waals surface area contributed by atoms with Crippen LogP contribution in [0.1, 0.15) is 46.5 Å². The largest absolute Gasteiger partial charge is 0.389 e. The zero-order valence-corrected chi connectivity index (χ0v) is 11.7. The summed E-state index contributed by atoms with van der Waals surface area (Å²) in [7, 11) is 0. The molecule has 1 atom stereocenters. The molecule has 100 valence electrons. The molecule has 2 saturated heterocycles. The number of piperidine rings is 1. The Kier molecular flexibility index (Phi) is 4.11. The van der Waals surface area contributed by atoms with Gasteiger partial charge in [-0.3, -0.25) is 4.90 Å². The van der Waals surface area contributed by atoms with E-state index in [-0.39, 0.29) is 0 Å². The highest BCUT2D eigenvalue weighted by molar-refractivity contribution is 4.87. The van der Waals surface area contributed by atoms with E-state index in [1.165, 1.54) is 32.2 Å². The second-order valence-electron chi connectivity index (χ2n) is 6.55. The monoisotopic (exact) mass is 240 g/mol. The Bertz CT molecular complexity index is 241. The van der Waals surface area contributed by atoms with Crippen LogP contribution in [0.15, 0.2) is 0 Å². The summed E-state index contributed by atoms with van der Waals surface area (Å²) in [6.45, 7) is 10.6. The van der Waals surface area contributed by atoms with Crippen molar-refractivity contribution in [3.05, 3.63) is 0 Å². The van der Waals surface area contributed by atoms with Crippen molar-refractivity contribution < 1.29 is 5.11 Å². The highest BCUT2D eigenvalue weighted by atomic mass is 16.3. The van der Waals surface area contributed by atoms with Crippen LogP contribution in [-0.2, 0) is 0 Å². The summed E-state index contributed by atoms with van der Waals surface area (Å²) in [5, 5.41) is 9.84. The fraction of sp³-hybridized carbons (Fsp3) is 1.00. The van der Waals surface area contributed by atoms with Gasteiger partial charge < -0.3 is 10.0 Å². The van der Waals surface area contributed by atoms with Crippen molar-refractivity contribution in [2.45, 2.75) is 64.1 Å². The topological polar surface area (TPSA) is 26.7 Å². The lowest BCUT2D eigenvalue weighted by Gasteiger charge is -2.40. The molecule has 2 aliphatic heterocycles. The molecule has 3 heteroatoms. The first kappa shape index (κ1) is 13.3. The normalized spacial score (nSPS) is 30.0. The summed E-state index contributed by atoms with van der Waals surface area (Å²) in [6, 6.07) is 1.59. The van der Waals surface area contributed by atoms with E-state index in [4.69, 9.17) is 0 Å². The van der Waals surface area contributed by atoms with Gasteiger partial charge in [-0.15, -0.1) is 0 Å². The Morgan fingerprint density at radius 1 is 1.12 bits per heavy atom. The first-order chi connectivity index (χ1) is 7.96. The van der Waals surface area contributed by atoms with Crippen LogP contribution >= 0.6 is 0 Å². The first-order valence-corrected chi connectivity index (χ1v) is 7.16. The molecule has 2 fully saturated rings. The minimum atomic E-state index is -0.548. The van der Waals surface area contributed by atoms with Crippen LogP contribution in [0.25, 0.3) is 0 Å². The predicted molar refractivity (Wildman–Crippen MR) is 71.2 cm³/mol. The number of rotatable bonds is 3. The molecule has 0 aromatic rings. The van der Waals surface area contributed by atoms with Gasteiger partial charge in [-0.1, -0.05) is 0 Å². The maximum absolute atomic E-state index is 9.84. The summed E-state index contributed by atoms with van der Waals surface area (Å²) >= 11 is 0. The van der Waals surface area contributed by atoms with E-state index in [1.54, 1.807) is 0 Å². The summed E-state index contributed by atoms with van der Waals surface area (Å²) in [4.78, 5) is 5.12. The summed E-state index contributed by atoms with van der Waals surface area (Å²) in [5.41, 5.74) is -0.548. The van der Waals surface area contributed by atoms with Gasteiger partial charge in [-0.25, -0.2) is 0 Å². The van der Waals surface area contributed by atoms with Gasteiger partial charge in [0.15, 0.2) is 0 Å². The zero-order valence-electron chi connectivity index (χ0n) is 11.7. The van der Waals surface area contributed by atoms with E-state index in [0.29, 0.717) is 0 Å². The molecule has 0 aromatic heterocycles. The number of hydrogen-bond donors (Lipinski definition) is 1. The van der Waals surface area contributed by atoms with Crippen LogP contribution in [0, 0.1) is 0 Å². The van der Waals surface area contributed by atoms with Gasteiger partial charge in [0.2, 0.25) is 0 Å². The van der Waals surface area contributed by atoms with Gasteiger partial charge in [-0.2, -0.15) is 0 Å². The van der Waals surface area contributed by atoms with E-state index in [1.807, 2.05) is 13.8 Å². The quantitative estimate of drug-likeness (QED) is 0.813. The van der Waals surface area contributed by atoms with Gasteiger partial charge in [0, 0.05) is 18.6 Å². The van der Waals surface area contributed by atoms with Crippen molar-refractivity contribution in [2.24, 2.45) is 0 Å². The molecular weight excluding hydrogens is 212 g/mol. The van der Waals surface area contributed by atoms with Gasteiger partial charge in [-0.05, 0) is 66.1 Å². The van der Waals surface area contributed by atoms with Gasteiger partial charge in [0.1, 0.15) is 0 Å². The minimum Gasteiger partial charge on any atom is -0.389 e. The molecule has 17 heavy (non-hydrogen) atoms. The van der Waals surface area contributed by atoms with E-state index in [9.17, 15) is 5.11 Å². The highest BCUT2D eigenvalue weighted by Crippen LogP contribution is 2.26. The number of nitrogens with zero attached hydrogens (tertiary/aromatic N) is 2. The van der Waals surface area contributed by atoms with E-state index in [0.717, 1.165) is 31.7 Å². The molecule has 0 aliphatic carbocycles. The predicted octanol–water partition coefficient (Wildman–Crippen LogP) is 1.71. The van der Waals surface area contributed by atoms with E-state index >= 15 is 0 Å². The van der Waals surface area contributed by atoms with E-state index < -0.39 is 5.60 Å². The van der Waals surface area contributed by atoms with Crippen LogP contribution < -0.4 is 0 Å². The maximum atomic E-state index is 9.84. The number of likely N-dealkylation sites (tertiary alicyclic amines) is 2. The molecule has 1 unspecified atom stereocenters. The molecule has 0 spiro atoms. The third-order valence-corrected chi connectivity index (χ3v) is 4.24. The molecular formula is C14H28N2O. The van der Waals surface area contributed by atoms with Crippen LogP contribution in [0.4, 0.5) is 0 Å². The molecule has 1 N–H and O–H groups in total. The molecule has 0 aromatic carbocycles. The third-order valence-electron chi connectivity index (χ3n) is 4.24. The van der Waals surface area contributed by atoms with Crippen molar-refractivity contribution in [1.29, 1.82) is 0 Å². The average Bonchev–Trinajstić information content (AvgIpc) is 2.63. The van der Waals surface area contributed by atoms with Gasteiger partial charge in [0.25, 0.3) is 0 Å². The molecule has 0 saturated carbocycles. The molecule has 0 bridgehead atoms. The smallest absolute Gasteiger partial charge is 0.0718 e. The fourth-order valence-corrected chi connectivity index (χ4v) is 3.45. The Balaban J connectivity index is 1.78. The lowest BCUT2D eigenvalue weighted by atomic mass is 10.0. The highest BCUT2D eigenvalue weighted by Gasteiger charge is 2.31. The maximum Gasteiger partial charge on any atom is 0.0718 e. The molecule has 0 radical (unpaired) electrons. The van der Waals surface area contributed by atoms with Crippen LogP contribution in [0.5, 0.6) is 0 Å². The molecule has 2 aliphatic rings. The number of aliphatic hydroxyl groups is 1. The standard InChI is InChI=1S/C14H28N2O/c1-12-5-4-8-16(12)13-6-9-15(10-7-13)11-14(2,3)17/h12-13,17H,4-11H2,1-3H3. The van der Waals surface area contributed by atoms with Crippen molar-refractivity contribution >= 4 is 0 Å². The number of β-amino-alcohol motifs (C(OH)–C–C–N with tert-alkyl or cyclic N) is 1. The molecule has 3 nitrogen and oxygen atoms in total. The fourth-order valence-electron chi connectivity index (χ4n) is 3.45. The number of hydrogen-bond acceptors (Lipinski definition) is 3. The van der Waals surface area contributed by atoms with Crippen LogP contribution in [0.3, 0.4) is 0 Å². The first-order valence-electron chi connectivity index (χ1n) is 7.16. The van der Waals surface area contributed by atoms with Crippen LogP contribution in [0.2, 0.25) is 0 Å². The minimum absolute atomic E-state index is 0.548. The lowest BCUT2D eigenvalue weighted by molar-refractivity contribution is 0.0164. The average molecular weight is 240 g/mol. The van der Waals surface area contributed by atoms with Gasteiger partial charge in [0.05, 0.1) is 5.60 Å². The van der Waals surface area contributed by atoms with Crippen molar-refractivity contribution in [3.8, 4) is 0 Å². The van der Waals surface area contributed by atoms with Crippen LogP contribution in [-0.4, -0.2) is 58.8 Å². The SMILES string of the molecule is CC1CCCN1C1CCN(CC(C)(C)O)CC1.